The maximum atomic E-state index is 5.29. The van der Waals surface area contributed by atoms with E-state index in [0.717, 1.165) is 35.3 Å². The van der Waals surface area contributed by atoms with Crippen molar-refractivity contribution in [3.63, 3.8) is 0 Å². The van der Waals surface area contributed by atoms with E-state index in [9.17, 15) is 0 Å². The lowest BCUT2D eigenvalue weighted by molar-refractivity contribution is 0.606. The Morgan fingerprint density at radius 1 is 0.694 bits per heavy atom. The number of benzene rings is 5. The van der Waals surface area contributed by atoms with Crippen LogP contribution in [0.25, 0.3) is 33.2 Å². The molecule has 4 aliphatic rings. The van der Waals surface area contributed by atoms with Crippen LogP contribution in [-0.2, 0) is 5.41 Å². The smallest absolute Gasteiger partial charge is 0.137 e. The molecule has 0 radical (unpaired) electrons. The van der Waals surface area contributed by atoms with Crippen molar-refractivity contribution in [2.24, 2.45) is 5.92 Å². The van der Waals surface area contributed by atoms with Crippen molar-refractivity contribution >= 4 is 33.8 Å². The van der Waals surface area contributed by atoms with Gasteiger partial charge in [-0.25, -0.2) is 9.97 Å². The van der Waals surface area contributed by atoms with Crippen LogP contribution in [0.3, 0.4) is 0 Å². The zero-order chi connectivity index (χ0) is 32.5. The van der Waals surface area contributed by atoms with E-state index in [1.807, 2.05) is 11.8 Å². The minimum atomic E-state index is -0.369. The van der Waals surface area contributed by atoms with Crippen LogP contribution in [0.5, 0.6) is 0 Å². The Bertz CT molecular complexity index is 2420. The molecule has 2 unspecified atom stereocenters. The molecule has 0 saturated heterocycles. The third-order valence-corrected chi connectivity index (χ3v) is 12.1. The lowest BCUT2D eigenvalue weighted by atomic mass is 9.67. The van der Waals surface area contributed by atoms with Gasteiger partial charge >= 0.3 is 0 Å². The first-order valence-electron chi connectivity index (χ1n) is 17.3. The molecule has 234 valence electrons. The monoisotopic (exact) mass is 646 g/mol. The first-order valence-corrected chi connectivity index (χ1v) is 18.2. The predicted molar refractivity (Wildman–Crippen MR) is 203 cm³/mol. The van der Waals surface area contributed by atoms with E-state index in [1.165, 1.54) is 59.9 Å². The van der Waals surface area contributed by atoms with Crippen LogP contribution in [0.2, 0.25) is 0 Å². The summed E-state index contributed by atoms with van der Waals surface area (Å²) in [4.78, 5) is 13.1. The second kappa shape index (κ2) is 11.1. The molecule has 0 N–H and O–H groups in total. The zero-order valence-corrected chi connectivity index (χ0v) is 28.1. The van der Waals surface area contributed by atoms with E-state index in [2.05, 4.69) is 159 Å². The van der Waals surface area contributed by atoms with Crippen LogP contribution < -0.4 is 0 Å². The maximum absolute atomic E-state index is 5.29. The van der Waals surface area contributed by atoms with Crippen molar-refractivity contribution in [2.75, 3.05) is 0 Å². The molecule has 0 fully saturated rings. The van der Waals surface area contributed by atoms with Crippen LogP contribution in [0.1, 0.15) is 65.0 Å². The quantitative estimate of drug-likeness (QED) is 0.191. The van der Waals surface area contributed by atoms with Gasteiger partial charge in [-0.3, -0.25) is 0 Å². The molecule has 2 nitrogen and oxygen atoms in total. The first-order chi connectivity index (χ1) is 24.2. The molecule has 5 aromatic carbocycles. The van der Waals surface area contributed by atoms with E-state index in [4.69, 9.17) is 9.97 Å². The molecule has 3 aliphatic carbocycles. The number of allylic oxidation sites excluding steroid dienone is 8. The lowest BCUT2D eigenvalue weighted by Crippen LogP contribution is -2.31. The van der Waals surface area contributed by atoms with Gasteiger partial charge in [0.2, 0.25) is 0 Å². The maximum Gasteiger partial charge on any atom is 0.137 e. The number of rotatable bonds is 3. The van der Waals surface area contributed by atoms with Gasteiger partial charge in [-0.15, -0.1) is 0 Å². The van der Waals surface area contributed by atoms with E-state index >= 15 is 0 Å². The highest BCUT2D eigenvalue weighted by Crippen LogP contribution is 2.63. The number of aromatic nitrogens is 2. The highest BCUT2D eigenvalue weighted by atomic mass is 32.2. The third kappa shape index (κ3) is 4.22. The first kappa shape index (κ1) is 28.7. The zero-order valence-electron chi connectivity index (χ0n) is 27.3. The fourth-order valence-corrected chi connectivity index (χ4v) is 9.95. The van der Waals surface area contributed by atoms with Gasteiger partial charge < -0.3 is 0 Å². The largest absolute Gasteiger partial charge is 0.232 e. The Morgan fingerprint density at radius 2 is 1.39 bits per heavy atom. The number of fused-ring (bicyclic) bond motifs is 10. The Kier molecular flexibility index (Phi) is 6.54. The summed E-state index contributed by atoms with van der Waals surface area (Å²) in [6.45, 7) is 2.32. The van der Waals surface area contributed by atoms with Crippen LogP contribution in [0.4, 0.5) is 0 Å². The summed E-state index contributed by atoms with van der Waals surface area (Å²) >= 11 is 1.89. The predicted octanol–water partition coefficient (Wildman–Crippen LogP) is 11.6. The topological polar surface area (TPSA) is 25.8 Å². The minimum Gasteiger partial charge on any atom is -0.232 e. The molecule has 2 heterocycles. The Hall–Kier alpha value is -5.25. The van der Waals surface area contributed by atoms with E-state index in [1.54, 1.807) is 0 Å². The number of hydrogen-bond donors (Lipinski definition) is 0. The minimum absolute atomic E-state index is 0.0938. The van der Waals surface area contributed by atoms with Gasteiger partial charge in [0, 0.05) is 21.1 Å². The molecule has 3 heteroatoms. The molecule has 2 atom stereocenters. The van der Waals surface area contributed by atoms with E-state index < -0.39 is 0 Å². The van der Waals surface area contributed by atoms with Crippen LogP contribution >= 0.6 is 11.8 Å². The summed E-state index contributed by atoms with van der Waals surface area (Å²) in [7, 11) is 0. The van der Waals surface area contributed by atoms with Crippen LogP contribution in [0, 0.1) is 5.92 Å². The van der Waals surface area contributed by atoms with Crippen LogP contribution in [-0.4, -0.2) is 9.97 Å². The third-order valence-electron chi connectivity index (χ3n) is 10.9. The molecule has 0 bridgehead atoms. The van der Waals surface area contributed by atoms with Crippen molar-refractivity contribution in [1.82, 2.24) is 9.97 Å². The summed E-state index contributed by atoms with van der Waals surface area (Å²) in [5.74, 6) is 1.22. The molecule has 10 rings (SSSR count). The molecule has 1 aliphatic heterocycles. The lowest BCUT2D eigenvalue weighted by Gasteiger charge is -2.39. The van der Waals surface area contributed by atoms with Crippen molar-refractivity contribution in [3.8, 4) is 11.1 Å². The Balaban J connectivity index is 1.12. The summed E-state index contributed by atoms with van der Waals surface area (Å²) < 4.78 is 0. The standard InChI is InChI=1S/C46H34N2S/c1-29-28-31(26-27-32(29)45-47-40-23-10-6-17-35(40)44(48-45)30-14-3-2-4-15-30)33-18-13-22-39-43(33)34-16-5-7-19-36(34)46(39)37-20-8-11-24-41(37)49-42-25-12-9-21-38(42)46/h2-3,5-14,16-29,32H,4,15H2,1H3. The SMILES string of the molecule is CC1C=C(c2cccc3c2-c2ccccc2C32c3ccccc3Sc3ccccc32)C=CC1c1nc(C2=CC=CCC2)c2ccccc2n1. The van der Waals surface area contributed by atoms with Crippen molar-refractivity contribution in [3.05, 3.63) is 191 Å². The second-order valence-electron chi connectivity index (χ2n) is 13.6. The summed E-state index contributed by atoms with van der Waals surface area (Å²) in [5.41, 5.74) is 13.7. The summed E-state index contributed by atoms with van der Waals surface area (Å²) in [5, 5.41) is 1.13. The van der Waals surface area contributed by atoms with Gasteiger partial charge in [-0.1, -0.05) is 152 Å². The number of para-hydroxylation sites is 1. The fraction of sp³-hybridized carbons (Fsp3) is 0.130. The van der Waals surface area contributed by atoms with Crippen molar-refractivity contribution in [2.45, 2.75) is 40.9 Å². The van der Waals surface area contributed by atoms with Crippen molar-refractivity contribution < 1.29 is 0 Å². The molecule has 49 heavy (non-hydrogen) atoms. The molecule has 0 amide bonds. The van der Waals surface area contributed by atoms with Gasteiger partial charge in [0.25, 0.3) is 0 Å². The van der Waals surface area contributed by atoms with Gasteiger partial charge in [0.1, 0.15) is 5.82 Å². The van der Waals surface area contributed by atoms with Crippen molar-refractivity contribution in [1.29, 1.82) is 0 Å². The average Bonchev–Trinajstić information content (AvgIpc) is 3.46. The number of hydrogen-bond acceptors (Lipinski definition) is 3. The van der Waals surface area contributed by atoms with Crippen LogP contribution in [0.15, 0.2) is 162 Å². The fourth-order valence-electron chi connectivity index (χ4n) is 8.76. The summed E-state index contributed by atoms with van der Waals surface area (Å²) in [6, 6.07) is 42.6. The molecule has 1 spiro atoms. The average molecular weight is 647 g/mol. The Labute approximate surface area is 291 Å². The Morgan fingerprint density at radius 3 is 2.16 bits per heavy atom. The molecular weight excluding hydrogens is 613 g/mol. The molecule has 0 saturated carbocycles. The van der Waals surface area contributed by atoms with Gasteiger partial charge in [0.05, 0.1) is 16.6 Å². The molecule has 6 aromatic rings. The highest BCUT2D eigenvalue weighted by molar-refractivity contribution is 7.99. The highest BCUT2D eigenvalue weighted by Gasteiger charge is 2.50. The van der Waals surface area contributed by atoms with Gasteiger partial charge in [0.15, 0.2) is 0 Å². The molecule has 1 aromatic heterocycles. The number of nitrogens with zero attached hydrogens (tertiary/aromatic N) is 2. The second-order valence-corrected chi connectivity index (χ2v) is 14.7. The summed E-state index contributed by atoms with van der Waals surface area (Å²) in [6.07, 6.45) is 15.8. The van der Waals surface area contributed by atoms with E-state index in [0.29, 0.717) is 0 Å². The van der Waals surface area contributed by atoms with Gasteiger partial charge in [-0.2, -0.15) is 0 Å². The molecular formula is C46H34N2S. The van der Waals surface area contributed by atoms with E-state index in [-0.39, 0.29) is 17.3 Å². The normalized spacial score (nSPS) is 19.5. The van der Waals surface area contributed by atoms with Gasteiger partial charge in [-0.05, 0) is 87.0 Å².